The van der Waals surface area contributed by atoms with E-state index in [1.165, 1.54) is 18.2 Å². The standard InChI is InChI=1S/C20H19F3N4O2S/c1-3-27-18-12-15(20(21,22)23)6-9-17(18)25-19(27)13(2)26-30(28,29)16-7-4-14(5-8-16)10-11-24/h4-9,12-13,26H,3,10H2,1-2H3/t13-/m1/s1. The Morgan fingerprint density at radius 2 is 1.87 bits per heavy atom. The van der Waals surface area contributed by atoms with Gasteiger partial charge in [0.25, 0.3) is 0 Å². The van der Waals surface area contributed by atoms with Gasteiger partial charge in [0, 0.05) is 6.54 Å². The van der Waals surface area contributed by atoms with E-state index in [4.69, 9.17) is 5.26 Å². The Kier molecular flexibility index (Phi) is 5.87. The highest BCUT2D eigenvalue weighted by atomic mass is 32.2. The Bertz CT molecular complexity index is 1210. The van der Waals surface area contributed by atoms with Gasteiger partial charge in [0.1, 0.15) is 5.82 Å². The summed E-state index contributed by atoms with van der Waals surface area (Å²) in [6.45, 7) is 3.65. The second-order valence-corrected chi connectivity index (χ2v) is 8.45. The lowest BCUT2D eigenvalue weighted by molar-refractivity contribution is -0.137. The van der Waals surface area contributed by atoms with Crippen LogP contribution in [0.2, 0.25) is 0 Å². The molecule has 10 heteroatoms. The minimum atomic E-state index is -4.48. The number of nitrogens with zero attached hydrogens (tertiary/aromatic N) is 3. The van der Waals surface area contributed by atoms with Crippen LogP contribution in [0.25, 0.3) is 11.0 Å². The molecule has 3 rings (SSSR count). The summed E-state index contributed by atoms with van der Waals surface area (Å²) in [5.41, 5.74) is 0.542. The van der Waals surface area contributed by atoms with Gasteiger partial charge >= 0.3 is 6.18 Å². The maximum Gasteiger partial charge on any atom is 0.416 e. The summed E-state index contributed by atoms with van der Waals surface area (Å²) in [7, 11) is -3.90. The summed E-state index contributed by atoms with van der Waals surface area (Å²) in [5, 5.41) is 8.71. The number of alkyl halides is 3. The van der Waals surface area contributed by atoms with Crippen LogP contribution in [-0.2, 0) is 29.2 Å². The van der Waals surface area contributed by atoms with Gasteiger partial charge in [-0.2, -0.15) is 18.4 Å². The molecular weight excluding hydrogens is 417 g/mol. The number of benzene rings is 2. The molecular formula is C20H19F3N4O2S. The molecule has 1 aromatic heterocycles. The molecule has 0 amide bonds. The second kappa shape index (κ2) is 8.08. The third kappa shape index (κ3) is 4.32. The largest absolute Gasteiger partial charge is 0.416 e. The number of nitriles is 1. The molecule has 6 nitrogen and oxygen atoms in total. The number of halogens is 3. The molecule has 0 aliphatic heterocycles. The van der Waals surface area contributed by atoms with Gasteiger partial charge in [-0.3, -0.25) is 0 Å². The summed E-state index contributed by atoms with van der Waals surface area (Å²) in [5.74, 6) is 0.316. The third-order valence-corrected chi connectivity index (χ3v) is 6.21. The predicted molar refractivity (Wildman–Crippen MR) is 105 cm³/mol. The number of imidazole rings is 1. The van der Waals surface area contributed by atoms with Gasteiger partial charge < -0.3 is 4.57 Å². The zero-order chi connectivity index (χ0) is 22.1. The highest BCUT2D eigenvalue weighted by molar-refractivity contribution is 7.89. The van der Waals surface area contributed by atoms with E-state index >= 15 is 0 Å². The average Bonchev–Trinajstić information content (AvgIpc) is 3.05. The van der Waals surface area contributed by atoms with Crippen LogP contribution in [0.1, 0.15) is 36.8 Å². The van der Waals surface area contributed by atoms with Gasteiger partial charge in [-0.1, -0.05) is 12.1 Å². The van der Waals surface area contributed by atoms with Crippen LogP contribution >= 0.6 is 0 Å². The Labute approximate surface area is 172 Å². The van der Waals surface area contributed by atoms with E-state index in [2.05, 4.69) is 9.71 Å². The Hall–Kier alpha value is -2.90. The monoisotopic (exact) mass is 436 g/mol. The van der Waals surface area contributed by atoms with Gasteiger partial charge in [0.05, 0.1) is 40.0 Å². The van der Waals surface area contributed by atoms with Crippen molar-refractivity contribution in [3.63, 3.8) is 0 Å². The summed E-state index contributed by atoms with van der Waals surface area (Å²) >= 11 is 0. The van der Waals surface area contributed by atoms with Crippen molar-refractivity contribution in [3.8, 4) is 6.07 Å². The fraction of sp³-hybridized carbons (Fsp3) is 0.300. The molecule has 0 saturated heterocycles. The van der Waals surface area contributed by atoms with Gasteiger partial charge in [-0.05, 0) is 49.7 Å². The van der Waals surface area contributed by atoms with Gasteiger partial charge in [-0.15, -0.1) is 0 Å². The number of hydrogen-bond acceptors (Lipinski definition) is 4. The fourth-order valence-corrected chi connectivity index (χ4v) is 4.41. The molecule has 158 valence electrons. The Morgan fingerprint density at radius 3 is 2.43 bits per heavy atom. The SMILES string of the molecule is CCn1c([C@@H](C)NS(=O)(=O)c2ccc(CC#N)cc2)nc2ccc(C(F)(F)F)cc21. The predicted octanol–water partition coefficient (Wildman–Crippen LogP) is 4.18. The third-order valence-electron chi connectivity index (χ3n) is 4.66. The first-order valence-electron chi connectivity index (χ1n) is 9.12. The number of rotatable bonds is 6. The molecule has 0 spiro atoms. The first-order valence-corrected chi connectivity index (χ1v) is 10.6. The molecule has 0 fully saturated rings. The average molecular weight is 436 g/mol. The molecule has 0 aliphatic rings. The molecule has 0 saturated carbocycles. The molecule has 1 atom stereocenters. The van der Waals surface area contributed by atoms with Crippen molar-refractivity contribution < 1.29 is 21.6 Å². The maximum atomic E-state index is 13.1. The lowest BCUT2D eigenvalue weighted by Crippen LogP contribution is -2.28. The van der Waals surface area contributed by atoms with Crippen LogP contribution in [0.3, 0.4) is 0 Å². The molecule has 1 N–H and O–H groups in total. The van der Waals surface area contributed by atoms with Gasteiger partial charge in [0.15, 0.2) is 0 Å². The number of fused-ring (bicyclic) bond motifs is 1. The van der Waals surface area contributed by atoms with Crippen LogP contribution < -0.4 is 4.72 Å². The summed E-state index contributed by atoms with van der Waals surface area (Å²) in [6.07, 6.45) is -4.31. The highest BCUT2D eigenvalue weighted by Crippen LogP contribution is 2.32. The molecule has 0 aliphatic carbocycles. The lowest BCUT2D eigenvalue weighted by Gasteiger charge is -2.16. The minimum Gasteiger partial charge on any atom is -0.327 e. The molecule has 0 radical (unpaired) electrons. The van der Waals surface area contributed by atoms with Crippen molar-refractivity contribution in [1.29, 1.82) is 5.26 Å². The van der Waals surface area contributed by atoms with Crippen molar-refractivity contribution in [2.45, 2.75) is 43.9 Å². The van der Waals surface area contributed by atoms with E-state index in [9.17, 15) is 21.6 Å². The fourth-order valence-electron chi connectivity index (χ4n) is 3.21. The normalized spacial score (nSPS) is 13.3. The topological polar surface area (TPSA) is 87.8 Å². The number of aromatic nitrogens is 2. The molecule has 1 heterocycles. The Morgan fingerprint density at radius 1 is 1.20 bits per heavy atom. The zero-order valence-corrected chi connectivity index (χ0v) is 17.0. The van der Waals surface area contributed by atoms with Crippen LogP contribution in [0.5, 0.6) is 0 Å². The smallest absolute Gasteiger partial charge is 0.327 e. The van der Waals surface area contributed by atoms with Crippen LogP contribution in [0, 0.1) is 11.3 Å². The quantitative estimate of drug-likeness (QED) is 0.628. The maximum absolute atomic E-state index is 13.1. The molecule has 2 aromatic carbocycles. The highest BCUT2D eigenvalue weighted by Gasteiger charge is 2.31. The zero-order valence-electron chi connectivity index (χ0n) is 16.2. The van der Waals surface area contributed by atoms with E-state index in [0.29, 0.717) is 23.4 Å². The van der Waals surface area contributed by atoms with E-state index in [-0.39, 0.29) is 16.8 Å². The summed E-state index contributed by atoms with van der Waals surface area (Å²) in [4.78, 5) is 4.38. The number of nitrogens with one attached hydrogen (secondary N) is 1. The summed E-state index contributed by atoms with van der Waals surface area (Å²) in [6, 6.07) is 10.4. The molecule has 0 bridgehead atoms. The van der Waals surface area contributed by atoms with Gasteiger partial charge in [0.2, 0.25) is 10.0 Å². The molecule has 30 heavy (non-hydrogen) atoms. The first kappa shape index (κ1) is 21.8. The van der Waals surface area contributed by atoms with E-state index < -0.39 is 27.8 Å². The number of aryl methyl sites for hydroxylation is 1. The van der Waals surface area contributed by atoms with Crippen LogP contribution in [-0.4, -0.2) is 18.0 Å². The van der Waals surface area contributed by atoms with Crippen molar-refractivity contribution in [1.82, 2.24) is 14.3 Å². The van der Waals surface area contributed by atoms with E-state index in [0.717, 1.165) is 12.1 Å². The lowest BCUT2D eigenvalue weighted by atomic mass is 10.2. The van der Waals surface area contributed by atoms with Crippen LogP contribution in [0.4, 0.5) is 13.2 Å². The number of hydrogen-bond donors (Lipinski definition) is 1. The second-order valence-electron chi connectivity index (χ2n) is 6.74. The molecule has 0 unspecified atom stereocenters. The minimum absolute atomic E-state index is 0.0227. The van der Waals surface area contributed by atoms with E-state index in [1.54, 1.807) is 30.5 Å². The molecule has 3 aromatic rings. The van der Waals surface area contributed by atoms with Crippen molar-refractivity contribution in [2.24, 2.45) is 0 Å². The summed E-state index contributed by atoms with van der Waals surface area (Å²) < 4.78 is 68.7. The van der Waals surface area contributed by atoms with Gasteiger partial charge in [-0.25, -0.2) is 18.1 Å². The first-order chi connectivity index (χ1) is 14.1. The number of sulfonamides is 1. The van der Waals surface area contributed by atoms with Crippen molar-refractivity contribution >= 4 is 21.1 Å². The van der Waals surface area contributed by atoms with E-state index in [1.807, 2.05) is 6.07 Å². The van der Waals surface area contributed by atoms with Crippen molar-refractivity contribution in [2.75, 3.05) is 0 Å². The van der Waals surface area contributed by atoms with Crippen LogP contribution in [0.15, 0.2) is 47.4 Å². The Balaban J connectivity index is 1.94. The van der Waals surface area contributed by atoms with Crippen molar-refractivity contribution in [3.05, 3.63) is 59.4 Å².